The van der Waals surface area contributed by atoms with Crippen LogP contribution in [0.1, 0.15) is 24.8 Å². The van der Waals surface area contributed by atoms with Crippen molar-refractivity contribution in [1.29, 1.82) is 0 Å². The first-order valence-corrected chi connectivity index (χ1v) is 7.47. The van der Waals surface area contributed by atoms with Crippen LogP contribution in [0.25, 0.3) is 6.08 Å². The Morgan fingerprint density at radius 3 is 2.39 bits per heavy atom. The molecule has 0 heterocycles. The zero-order valence-electron chi connectivity index (χ0n) is 10.2. The molecule has 98 valence electrons. The Morgan fingerprint density at radius 2 is 1.89 bits per heavy atom. The van der Waals surface area contributed by atoms with E-state index in [1.165, 1.54) is 6.26 Å². The van der Waals surface area contributed by atoms with E-state index in [0.717, 1.165) is 5.56 Å². The second-order valence-corrected chi connectivity index (χ2v) is 6.05. The largest absolute Gasteiger partial charge is 0.481 e. The molecule has 4 nitrogen and oxygen atoms in total. The second kappa shape index (κ2) is 6.35. The quantitative estimate of drug-likeness (QED) is 0.804. The summed E-state index contributed by atoms with van der Waals surface area (Å²) in [5.74, 6) is -0.791. The van der Waals surface area contributed by atoms with Crippen molar-refractivity contribution in [1.82, 2.24) is 0 Å². The number of sulfone groups is 1. The van der Waals surface area contributed by atoms with Gasteiger partial charge in [-0.05, 0) is 30.5 Å². The van der Waals surface area contributed by atoms with Gasteiger partial charge in [-0.3, -0.25) is 4.79 Å². The smallest absolute Gasteiger partial charge is 0.303 e. The molecule has 5 heteroatoms. The van der Waals surface area contributed by atoms with Crippen molar-refractivity contribution in [2.24, 2.45) is 0 Å². The van der Waals surface area contributed by atoms with Gasteiger partial charge in [0.2, 0.25) is 0 Å². The van der Waals surface area contributed by atoms with Crippen molar-refractivity contribution in [3.63, 3.8) is 0 Å². The third kappa shape index (κ3) is 5.14. The molecule has 0 aromatic heterocycles. The number of benzene rings is 1. The SMILES string of the molecule is CS(=O)(=O)c1ccc(/C=C/CCCC(=O)O)cc1. The number of carbonyl (C=O) groups is 1. The van der Waals surface area contributed by atoms with E-state index in [4.69, 9.17) is 5.11 Å². The molecule has 0 bridgehead atoms. The first-order chi connectivity index (χ1) is 8.39. The van der Waals surface area contributed by atoms with E-state index in [0.29, 0.717) is 17.7 Å². The first kappa shape index (κ1) is 14.4. The number of hydrogen-bond donors (Lipinski definition) is 1. The Labute approximate surface area is 107 Å². The molecule has 0 aliphatic rings. The zero-order chi connectivity index (χ0) is 13.6. The lowest BCUT2D eigenvalue weighted by molar-refractivity contribution is -0.137. The summed E-state index contributed by atoms with van der Waals surface area (Å²) in [6.45, 7) is 0. The van der Waals surface area contributed by atoms with Gasteiger partial charge in [0.15, 0.2) is 9.84 Å². The number of rotatable bonds is 6. The molecule has 1 N–H and O–H groups in total. The highest BCUT2D eigenvalue weighted by atomic mass is 32.2. The molecule has 0 amide bonds. The zero-order valence-corrected chi connectivity index (χ0v) is 11.0. The van der Waals surface area contributed by atoms with Gasteiger partial charge in [-0.1, -0.05) is 24.3 Å². The molecule has 0 aliphatic carbocycles. The summed E-state index contributed by atoms with van der Waals surface area (Å²) in [5, 5.41) is 8.46. The normalized spacial score (nSPS) is 11.8. The Kier molecular flexibility index (Phi) is 5.09. The molecular weight excluding hydrogens is 252 g/mol. The molecule has 0 radical (unpaired) electrons. The monoisotopic (exact) mass is 268 g/mol. The number of carboxylic acid groups (broad SMARTS) is 1. The Morgan fingerprint density at radius 1 is 1.28 bits per heavy atom. The van der Waals surface area contributed by atoms with Crippen molar-refractivity contribution >= 4 is 21.9 Å². The standard InChI is InChI=1S/C13H16O4S/c1-18(16,17)12-9-7-11(8-10-12)5-3-2-4-6-13(14)15/h3,5,7-10H,2,4,6H2,1H3,(H,14,15)/b5-3+. The van der Waals surface area contributed by atoms with Crippen LogP contribution in [0.2, 0.25) is 0 Å². The van der Waals surface area contributed by atoms with E-state index in [-0.39, 0.29) is 6.42 Å². The fourth-order valence-corrected chi connectivity index (χ4v) is 2.05. The molecule has 0 aliphatic heterocycles. The number of allylic oxidation sites excluding steroid dienone is 1. The lowest BCUT2D eigenvalue weighted by atomic mass is 10.1. The Balaban J connectivity index is 2.54. The van der Waals surface area contributed by atoms with E-state index in [1.54, 1.807) is 24.3 Å². The van der Waals surface area contributed by atoms with Crippen LogP contribution in [0.3, 0.4) is 0 Å². The van der Waals surface area contributed by atoms with E-state index in [9.17, 15) is 13.2 Å². The Hall–Kier alpha value is -1.62. The minimum atomic E-state index is -3.15. The van der Waals surface area contributed by atoms with Gasteiger partial charge in [-0.2, -0.15) is 0 Å². The lowest BCUT2D eigenvalue weighted by Crippen LogP contribution is -1.96. The van der Waals surface area contributed by atoms with Crippen molar-refractivity contribution in [3.05, 3.63) is 35.9 Å². The summed E-state index contributed by atoms with van der Waals surface area (Å²) < 4.78 is 22.5. The maximum absolute atomic E-state index is 11.2. The summed E-state index contributed by atoms with van der Waals surface area (Å²) in [6, 6.07) is 6.58. The van der Waals surface area contributed by atoms with Gasteiger partial charge in [0, 0.05) is 12.7 Å². The number of carboxylic acids is 1. The molecular formula is C13H16O4S. The molecule has 1 rings (SSSR count). The average Bonchev–Trinajstić information content (AvgIpc) is 2.27. The third-order valence-corrected chi connectivity index (χ3v) is 3.51. The third-order valence-electron chi connectivity index (χ3n) is 2.38. The fraction of sp³-hybridized carbons (Fsp3) is 0.308. The lowest BCUT2D eigenvalue weighted by Gasteiger charge is -1.98. The number of aliphatic carboxylic acids is 1. The molecule has 0 saturated carbocycles. The van der Waals surface area contributed by atoms with Gasteiger partial charge < -0.3 is 5.11 Å². The van der Waals surface area contributed by atoms with Crippen molar-refractivity contribution in [2.75, 3.05) is 6.26 Å². The average molecular weight is 268 g/mol. The molecule has 0 atom stereocenters. The summed E-state index contributed by atoms with van der Waals surface area (Å²) in [7, 11) is -3.15. The molecule has 18 heavy (non-hydrogen) atoms. The highest BCUT2D eigenvalue weighted by Crippen LogP contribution is 2.11. The minimum Gasteiger partial charge on any atom is -0.481 e. The van der Waals surface area contributed by atoms with Crippen LogP contribution in [0.5, 0.6) is 0 Å². The van der Waals surface area contributed by atoms with Gasteiger partial charge in [0.05, 0.1) is 4.90 Å². The highest BCUT2D eigenvalue weighted by molar-refractivity contribution is 7.90. The number of hydrogen-bond acceptors (Lipinski definition) is 3. The van der Waals surface area contributed by atoms with Crippen molar-refractivity contribution in [2.45, 2.75) is 24.2 Å². The maximum atomic E-state index is 11.2. The predicted molar refractivity (Wildman–Crippen MR) is 70.1 cm³/mol. The van der Waals surface area contributed by atoms with Gasteiger partial charge >= 0.3 is 5.97 Å². The van der Waals surface area contributed by atoms with Crippen LogP contribution in [-0.4, -0.2) is 25.7 Å². The van der Waals surface area contributed by atoms with Crippen LogP contribution >= 0.6 is 0 Å². The molecule has 1 aromatic carbocycles. The number of unbranched alkanes of at least 4 members (excludes halogenated alkanes) is 1. The topological polar surface area (TPSA) is 71.4 Å². The van der Waals surface area contributed by atoms with Gasteiger partial charge in [0.1, 0.15) is 0 Å². The van der Waals surface area contributed by atoms with Crippen LogP contribution in [0.4, 0.5) is 0 Å². The van der Waals surface area contributed by atoms with Gasteiger partial charge in [-0.25, -0.2) is 8.42 Å². The fourth-order valence-electron chi connectivity index (χ4n) is 1.42. The van der Waals surface area contributed by atoms with Crippen LogP contribution < -0.4 is 0 Å². The van der Waals surface area contributed by atoms with E-state index in [2.05, 4.69) is 0 Å². The van der Waals surface area contributed by atoms with Crippen molar-refractivity contribution < 1.29 is 18.3 Å². The van der Waals surface area contributed by atoms with Crippen molar-refractivity contribution in [3.8, 4) is 0 Å². The van der Waals surface area contributed by atoms with Crippen LogP contribution in [-0.2, 0) is 14.6 Å². The summed E-state index contributed by atoms with van der Waals surface area (Å²) in [5.41, 5.74) is 0.901. The van der Waals surface area contributed by atoms with E-state index in [1.807, 2.05) is 12.2 Å². The molecule has 1 aromatic rings. The van der Waals surface area contributed by atoms with Crippen LogP contribution in [0.15, 0.2) is 35.2 Å². The maximum Gasteiger partial charge on any atom is 0.303 e. The van der Waals surface area contributed by atoms with Gasteiger partial charge in [0.25, 0.3) is 0 Å². The summed E-state index contributed by atoms with van der Waals surface area (Å²) >= 11 is 0. The highest BCUT2D eigenvalue weighted by Gasteiger charge is 2.04. The second-order valence-electron chi connectivity index (χ2n) is 4.03. The summed E-state index contributed by atoms with van der Waals surface area (Å²) in [6.07, 6.45) is 6.38. The van der Waals surface area contributed by atoms with E-state index < -0.39 is 15.8 Å². The molecule has 0 fully saturated rings. The Bertz CT molecular complexity index is 527. The minimum absolute atomic E-state index is 0.164. The molecule has 0 spiro atoms. The molecule has 0 saturated heterocycles. The summed E-state index contributed by atoms with van der Waals surface area (Å²) in [4.78, 5) is 10.6. The first-order valence-electron chi connectivity index (χ1n) is 5.58. The van der Waals surface area contributed by atoms with E-state index >= 15 is 0 Å². The predicted octanol–water partition coefficient (Wildman–Crippen LogP) is 2.36. The molecule has 0 unspecified atom stereocenters. The van der Waals surface area contributed by atoms with Gasteiger partial charge in [-0.15, -0.1) is 0 Å². The van der Waals surface area contributed by atoms with Crippen LogP contribution in [0, 0.1) is 0 Å².